The van der Waals surface area contributed by atoms with E-state index in [4.69, 9.17) is 14.5 Å². The molecule has 0 bridgehead atoms. The minimum Gasteiger partial charge on any atom is -0.493 e. The standard InChI is InChI=1S/C23H27N3O3/c1-16(2)23(27)26-13-7-12-25(14-15-26)22-17-8-6-11-20(28-3)21(17)29-19-10-5-4-9-18(19)24-22/h4-6,8-11,16H,7,12-15H2,1-3H3. The Morgan fingerprint density at radius 3 is 2.69 bits per heavy atom. The highest BCUT2D eigenvalue weighted by molar-refractivity contribution is 6.04. The number of fused-ring (bicyclic) bond motifs is 2. The Bertz CT molecular complexity index is 939. The molecule has 0 atom stereocenters. The molecule has 6 nitrogen and oxygen atoms in total. The van der Waals surface area contributed by atoms with E-state index in [9.17, 15) is 4.79 Å². The number of amides is 1. The Morgan fingerprint density at radius 2 is 1.90 bits per heavy atom. The highest BCUT2D eigenvalue weighted by atomic mass is 16.5. The summed E-state index contributed by atoms with van der Waals surface area (Å²) in [5.74, 6) is 3.16. The molecular weight excluding hydrogens is 366 g/mol. The number of amidine groups is 1. The molecule has 2 aliphatic heterocycles. The number of aliphatic imine (C=N–C) groups is 1. The average Bonchev–Trinajstić information content (AvgIpc) is 3.07. The third-order valence-corrected chi connectivity index (χ3v) is 5.34. The number of nitrogens with zero attached hydrogens (tertiary/aromatic N) is 3. The molecular formula is C23H27N3O3. The first-order chi connectivity index (χ1) is 14.1. The first-order valence-corrected chi connectivity index (χ1v) is 10.1. The van der Waals surface area contributed by atoms with Crippen molar-refractivity contribution in [3.63, 3.8) is 0 Å². The van der Waals surface area contributed by atoms with Gasteiger partial charge in [0.05, 0.1) is 12.7 Å². The zero-order chi connectivity index (χ0) is 20.4. The predicted molar refractivity (Wildman–Crippen MR) is 113 cm³/mol. The average molecular weight is 393 g/mol. The molecule has 1 fully saturated rings. The number of hydrogen-bond donors (Lipinski definition) is 0. The van der Waals surface area contributed by atoms with Gasteiger partial charge < -0.3 is 19.3 Å². The summed E-state index contributed by atoms with van der Waals surface area (Å²) in [6, 6.07) is 13.7. The zero-order valence-corrected chi connectivity index (χ0v) is 17.2. The third kappa shape index (κ3) is 3.79. The number of para-hydroxylation sites is 3. The zero-order valence-electron chi connectivity index (χ0n) is 17.2. The minimum absolute atomic E-state index is 0.0158. The molecule has 1 amide bonds. The van der Waals surface area contributed by atoms with Crippen LogP contribution in [0.25, 0.3) is 0 Å². The van der Waals surface area contributed by atoms with Crippen molar-refractivity contribution in [3.8, 4) is 17.2 Å². The summed E-state index contributed by atoms with van der Waals surface area (Å²) < 4.78 is 11.8. The van der Waals surface area contributed by atoms with Gasteiger partial charge in [0.15, 0.2) is 17.2 Å². The first-order valence-electron chi connectivity index (χ1n) is 10.1. The maximum atomic E-state index is 12.5. The minimum atomic E-state index is 0.0158. The molecule has 4 rings (SSSR count). The van der Waals surface area contributed by atoms with Crippen LogP contribution in [0.15, 0.2) is 47.5 Å². The number of ether oxygens (including phenoxy) is 2. The number of benzene rings is 2. The summed E-state index contributed by atoms with van der Waals surface area (Å²) in [6.45, 7) is 6.95. The van der Waals surface area contributed by atoms with Gasteiger partial charge in [-0.3, -0.25) is 4.79 Å². The summed E-state index contributed by atoms with van der Waals surface area (Å²) >= 11 is 0. The van der Waals surface area contributed by atoms with E-state index in [2.05, 4.69) is 4.90 Å². The summed E-state index contributed by atoms with van der Waals surface area (Å²) in [4.78, 5) is 21.7. The smallest absolute Gasteiger partial charge is 0.225 e. The normalized spacial score (nSPS) is 16.2. The van der Waals surface area contributed by atoms with Crippen LogP contribution in [0.3, 0.4) is 0 Å². The summed E-state index contributed by atoms with van der Waals surface area (Å²) in [6.07, 6.45) is 0.902. The molecule has 0 spiro atoms. The lowest BCUT2D eigenvalue weighted by Gasteiger charge is -2.26. The Kier molecular flexibility index (Phi) is 5.43. The predicted octanol–water partition coefficient (Wildman–Crippen LogP) is 4.07. The van der Waals surface area contributed by atoms with Gasteiger partial charge in [-0.25, -0.2) is 4.99 Å². The molecule has 6 heteroatoms. The van der Waals surface area contributed by atoms with E-state index < -0.39 is 0 Å². The van der Waals surface area contributed by atoms with Crippen molar-refractivity contribution in [2.75, 3.05) is 33.3 Å². The Labute approximate surface area is 171 Å². The molecule has 0 unspecified atom stereocenters. The largest absolute Gasteiger partial charge is 0.493 e. The fourth-order valence-corrected chi connectivity index (χ4v) is 3.83. The van der Waals surface area contributed by atoms with Crippen molar-refractivity contribution in [2.45, 2.75) is 20.3 Å². The van der Waals surface area contributed by atoms with Crippen LogP contribution in [0.2, 0.25) is 0 Å². The van der Waals surface area contributed by atoms with Crippen molar-refractivity contribution >= 4 is 17.4 Å². The van der Waals surface area contributed by atoms with E-state index in [-0.39, 0.29) is 11.8 Å². The van der Waals surface area contributed by atoms with Gasteiger partial charge in [0.25, 0.3) is 0 Å². The lowest BCUT2D eigenvalue weighted by Crippen LogP contribution is -2.39. The number of hydrogen-bond acceptors (Lipinski definition) is 5. The van der Waals surface area contributed by atoms with E-state index in [0.717, 1.165) is 43.1 Å². The van der Waals surface area contributed by atoms with Gasteiger partial charge in [0.1, 0.15) is 11.5 Å². The van der Waals surface area contributed by atoms with Gasteiger partial charge >= 0.3 is 0 Å². The summed E-state index contributed by atoms with van der Waals surface area (Å²) in [5.41, 5.74) is 1.70. The van der Waals surface area contributed by atoms with E-state index in [0.29, 0.717) is 23.8 Å². The van der Waals surface area contributed by atoms with Crippen molar-refractivity contribution in [1.82, 2.24) is 9.80 Å². The van der Waals surface area contributed by atoms with E-state index in [1.165, 1.54) is 0 Å². The van der Waals surface area contributed by atoms with Gasteiger partial charge in [-0.05, 0) is 30.7 Å². The maximum absolute atomic E-state index is 12.5. The van der Waals surface area contributed by atoms with E-state index in [1.54, 1.807) is 7.11 Å². The second kappa shape index (κ2) is 8.15. The molecule has 0 aliphatic carbocycles. The van der Waals surface area contributed by atoms with Crippen LogP contribution in [0.5, 0.6) is 17.2 Å². The molecule has 0 saturated carbocycles. The Hall–Kier alpha value is -3.02. The van der Waals surface area contributed by atoms with Crippen LogP contribution in [0.4, 0.5) is 5.69 Å². The van der Waals surface area contributed by atoms with E-state index >= 15 is 0 Å². The fraction of sp³-hybridized carbons (Fsp3) is 0.391. The van der Waals surface area contributed by atoms with Crippen LogP contribution < -0.4 is 9.47 Å². The number of methoxy groups -OCH3 is 1. The summed E-state index contributed by atoms with van der Waals surface area (Å²) in [5, 5.41) is 0. The molecule has 2 aromatic rings. The molecule has 2 heterocycles. The number of rotatable bonds is 2. The third-order valence-electron chi connectivity index (χ3n) is 5.34. The quantitative estimate of drug-likeness (QED) is 0.772. The topological polar surface area (TPSA) is 54.4 Å². The molecule has 2 aromatic carbocycles. The summed E-state index contributed by atoms with van der Waals surface area (Å²) in [7, 11) is 1.65. The lowest BCUT2D eigenvalue weighted by molar-refractivity contribution is -0.134. The van der Waals surface area contributed by atoms with Crippen molar-refractivity contribution in [3.05, 3.63) is 48.0 Å². The highest BCUT2D eigenvalue weighted by Crippen LogP contribution is 2.42. The number of carbonyl (C=O) groups is 1. The van der Waals surface area contributed by atoms with Crippen molar-refractivity contribution in [1.29, 1.82) is 0 Å². The van der Waals surface area contributed by atoms with Gasteiger partial charge in [-0.1, -0.05) is 32.0 Å². The second-order valence-corrected chi connectivity index (χ2v) is 7.66. The monoisotopic (exact) mass is 393 g/mol. The SMILES string of the molecule is COc1cccc2c1Oc1ccccc1N=C2N1CCCN(C(=O)C(C)C)CC1. The van der Waals surface area contributed by atoms with Crippen molar-refractivity contribution in [2.24, 2.45) is 10.9 Å². The van der Waals surface area contributed by atoms with Crippen LogP contribution in [0.1, 0.15) is 25.8 Å². The van der Waals surface area contributed by atoms with Crippen LogP contribution >= 0.6 is 0 Å². The van der Waals surface area contributed by atoms with Gasteiger partial charge in [-0.2, -0.15) is 0 Å². The van der Waals surface area contributed by atoms with Gasteiger partial charge in [-0.15, -0.1) is 0 Å². The first kappa shape index (κ1) is 19.3. The molecule has 0 N–H and O–H groups in total. The van der Waals surface area contributed by atoms with Gasteiger partial charge in [0, 0.05) is 32.1 Å². The fourth-order valence-electron chi connectivity index (χ4n) is 3.83. The Morgan fingerprint density at radius 1 is 1.07 bits per heavy atom. The lowest BCUT2D eigenvalue weighted by atomic mass is 10.1. The Balaban J connectivity index is 1.72. The molecule has 2 aliphatic rings. The number of carbonyl (C=O) groups excluding carboxylic acids is 1. The van der Waals surface area contributed by atoms with E-state index in [1.807, 2.05) is 61.2 Å². The molecule has 1 saturated heterocycles. The molecule has 152 valence electrons. The molecule has 29 heavy (non-hydrogen) atoms. The van der Waals surface area contributed by atoms with Crippen molar-refractivity contribution < 1.29 is 14.3 Å². The van der Waals surface area contributed by atoms with Crippen LogP contribution in [0, 0.1) is 5.92 Å². The molecule has 0 aromatic heterocycles. The second-order valence-electron chi connectivity index (χ2n) is 7.66. The highest BCUT2D eigenvalue weighted by Gasteiger charge is 2.28. The van der Waals surface area contributed by atoms with Gasteiger partial charge in [0.2, 0.25) is 5.91 Å². The maximum Gasteiger partial charge on any atom is 0.225 e. The molecule has 0 radical (unpaired) electrons. The van der Waals surface area contributed by atoms with Crippen LogP contribution in [-0.2, 0) is 4.79 Å². The van der Waals surface area contributed by atoms with Crippen LogP contribution in [-0.4, -0.2) is 54.8 Å².